The summed E-state index contributed by atoms with van der Waals surface area (Å²) in [4.78, 5) is 0. The summed E-state index contributed by atoms with van der Waals surface area (Å²) in [6, 6.07) is 9.18. The maximum atomic E-state index is 3.63. The summed E-state index contributed by atoms with van der Waals surface area (Å²) in [5.74, 6) is 0. The molecule has 90 valence electrons. The lowest BCUT2D eigenvalue weighted by atomic mass is 10.1. The molecular formula is C14H22BrN. The molecule has 1 aromatic rings. The van der Waals surface area contributed by atoms with Crippen LogP contribution in [0.3, 0.4) is 0 Å². The molecule has 0 aliphatic heterocycles. The van der Waals surface area contributed by atoms with E-state index in [1.807, 2.05) is 0 Å². The van der Waals surface area contributed by atoms with Crippen LogP contribution in [0.25, 0.3) is 0 Å². The molecule has 0 amide bonds. The molecule has 1 unspecified atom stereocenters. The number of benzene rings is 1. The third-order valence-corrected chi connectivity index (χ3v) is 3.38. The van der Waals surface area contributed by atoms with Crippen LogP contribution in [0.4, 0.5) is 0 Å². The van der Waals surface area contributed by atoms with Crippen LogP contribution in [0.2, 0.25) is 0 Å². The van der Waals surface area contributed by atoms with Crippen LogP contribution in [0.1, 0.15) is 45.1 Å². The fourth-order valence-electron chi connectivity index (χ4n) is 1.81. The number of nitrogens with one attached hydrogen (secondary N) is 1. The summed E-state index contributed by atoms with van der Waals surface area (Å²) in [6.07, 6.45) is 5.12. The van der Waals surface area contributed by atoms with Crippen molar-refractivity contribution < 1.29 is 0 Å². The summed E-state index contributed by atoms with van der Waals surface area (Å²) in [6.45, 7) is 5.48. The van der Waals surface area contributed by atoms with Crippen molar-refractivity contribution in [3.8, 4) is 0 Å². The molecule has 0 saturated heterocycles. The number of hydrogen-bond acceptors (Lipinski definition) is 1. The summed E-state index contributed by atoms with van der Waals surface area (Å²) < 4.78 is 1.16. The van der Waals surface area contributed by atoms with Crippen molar-refractivity contribution in [2.24, 2.45) is 0 Å². The van der Waals surface area contributed by atoms with Gasteiger partial charge in [-0.2, -0.15) is 0 Å². The van der Waals surface area contributed by atoms with Crippen molar-refractivity contribution in [2.75, 3.05) is 0 Å². The van der Waals surface area contributed by atoms with Gasteiger partial charge < -0.3 is 5.32 Å². The zero-order valence-electron chi connectivity index (χ0n) is 10.3. The molecule has 0 radical (unpaired) electrons. The third kappa shape index (κ3) is 5.13. The maximum Gasteiger partial charge on any atom is 0.0208 e. The van der Waals surface area contributed by atoms with E-state index in [4.69, 9.17) is 0 Å². The molecule has 1 atom stereocenters. The second-order valence-corrected chi connectivity index (χ2v) is 5.17. The smallest absolute Gasteiger partial charge is 0.0208 e. The number of halogens is 1. The van der Waals surface area contributed by atoms with E-state index in [0.717, 1.165) is 11.0 Å². The van der Waals surface area contributed by atoms with Crippen LogP contribution in [0, 0.1) is 0 Å². The highest BCUT2D eigenvalue weighted by Gasteiger charge is 2.04. The molecular weight excluding hydrogens is 262 g/mol. The first-order chi connectivity index (χ1) is 7.76. The molecule has 0 aliphatic carbocycles. The van der Waals surface area contributed by atoms with Gasteiger partial charge in [-0.25, -0.2) is 0 Å². The van der Waals surface area contributed by atoms with Gasteiger partial charge >= 0.3 is 0 Å². The molecule has 0 bridgehead atoms. The molecule has 0 aliphatic rings. The molecule has 0 spiro atoms. The lowest BCUT2D eigenvalue weighted by Gasteiger charge is -2.16. The van der Waals surface area contributed by atoms with E-state index in [-0.39, 0.29) is 0 Å². The highest BCUT2D eigenvalue weighted by Crippen LogP contribution is 2.12. The maximum absolute atomic E-state index is 3.63. The molecule has 2 heteroatoms. The first-order valence-electron chi connectivity index (χ1n) is 6.24. The molecule has 0 fully saturated rings. The first-order valence-corrected chi connectivity index (χ1v) is 7.03. The Morgan fingerprint density at radius 3 is 2.75 bits per heavy atom. The van der Waals surface area contributed by atoms with Crippen LogP contribution in [0.15, 0.2) is 28.7 Å². The fourth-order valence-corrected chi connectivity index (χ4v) is 2.26. The monoisotopic (exact) mass is 283 g/mol. The average Bonchev–Trinajstić information content (AvgIpc) is 2.29. The Balaban J connectivity index is 2.37. The minimum Gasteiger partial charge on any atom is -0.310 e. The van der Waals surface area contributed by atoms with Gasteiger partial charge in [0.05, 0.1) is 0 Å². The van der Waals surface area contributed by atoms with Crippen LogP contribution >= 0.6 is 15.9 Å². The highest BCUT2D eigenvalue weighted by atomic mass is 79.9. The highest BCUT2D eigenvalue weighted by molar-refractivity contribution is 9.10. The predicted octanol–water partition coefficient (Wildman–Crippen LogP) is 4.51. The van der Waals surface area contributed by atoms with E-state index in [9.17, 15) is 0 Å². The van der Waals surface area contributed by atoms with E-state index >= 15 is 0 Å². The Labute approximate surface area is 108 Å². The Hall–Kier alpha value is -0.340. The summed E-state index contributed by atoms with van der Waals surface area (Å²) >= 11 is 3.50. The minimum absolute atomic E-state index is 0.666. The molecule has 16 heavy (non-hydrogen) atoms. The topological polar surface area (TPSA) is 12.0 Å². The largest absolute Gasteiger partial charge is 0.310 e. The van der Waals surface area contributed by atoms with E-state index < -0.39 is 0 Å². The van der Waals surface area contributed by atoms with Gasteiger partial charge in [-0.15, -0.1) is 0 Å². The molecule has 1 N–H and O–H groups in total. The van der Waals surface area contributed by atoms with Crippen molar-refractivity contribution in [1.82, 2.24) is 5.32 Å². The fraction of sp³-hybridized carbons (Fsp3) is 0.571. The Morgan fingerprint density at radius 2 is 2.12 bits per heavy atom. The Bertz CT molecular complexity index is 299. The van der Waals surface area contributed by atoms with Crippen LogP contribution in [-0.4, -0.2) is 6.04 Å². The van der Waals surface area contributed by atoms with Crippen molar-refractivity contribution in [2.45, 2.75) is 52.1 Å². The van der Waals surface area contributed by atoms with Gasteiger partial charge in [-0.1, -0.05) is 54.8 Å². The van der Waals surface area contributed by atoms with Crippen LogP contribution in [-0.2, 0) is 6.54 Å². The van der Waals surface area contributed by atoms with Gasteiger partial charge in [0.1, 0.15) is 0 Å². The minimum atomic E-state index is 0.666. The lowest BCUT2D eigenvalue weighted by molar-refractivity contribution is 0.452. The van der Waals surface area contributed by atoms with Gasteiger partial charge in [-0.3, -0.25) is 0 Å². The Morgan fingerprint density at radius 1 is 1.31 bits per heavy atom. The van der Waals surface area contributed by atoms with Crippen LogP contribution < -0.4 is 5.32 Å². The number of unbranched alkanes of at least 4 members (excludes halogenated alkanes) is 1. The van der Waals surface area contributed by atoms with E-state index in [2.05, 4.69) is 59.4 Å². The Kier molecular flexibility index (Phi) is 6.74. The molecule has 0 aromatic heterocycles. The zero-order valence-corrected chi connectivity index (χ0v) is 11.9. The standard InChI is InChI=1S/C14H22BrN/c1-3-5-9-14(4-2)16-11-12-7-6-8-13(15)10-12/h6-8,10,14,16H,3-5,9,11H2,1-2H3. The molecule has 1 rings (SSSR count). The van der Waals surface area contributed by atoms with Crippen molar-refractivity contribution in [1.29, 1.82) is 0 Å². The second-order valence-electron chi connectivity index (χ2n) is 4.26. The molecule has 0 saturated carbocycles. The lowest BCUT2D eigenvalue weighted by Crippen LogP contribution is -2.27. The third-order valence-electron chi connectivity index (χ3n) is 2.88. The van der Waals surface area contributed by atoms with E-state index in [1.165, 1.54) is 31.2 Å². The summed E-state index contributed by atoms with van der Waals surface area (Å²) in [7, 11) is 0. The predicted molar refractivity (Wildman–Crippen MR) is 74.6 cm³/mol. The average molecular weight is 284 g/mol. The van der Waals surface area contributed by atoms with Crippen LogP contribution in [0.5, 0.6) is 0 Å². The number of hydrogen-bond donors (Lipinski definition) is 1. The quantitative estimate of drug-likeness (QED) is 0.777. The summed E-state index contributed by atoms with van der Waals surface area (Å²) in [5, 5.41) is 3.63. The van der Waals surface area contributed by atoms with Crippen molar-refractivity contribution >= 4 is 15.9 Å². The first kappa shape index (κ1) is 13.7. The van der Waals surface area contributed by atoms with Gasteiger partial charge in [0.15, 0.2) is 0 Å². The summed E-state index contributed by atoms with van der Waals surface area (Å²) in [5.41, 5.74) is 1.35. The van der Waals surface area contributed by atoms with Gasteiger partial charge in [0, 0.05) is 17.1 Å². The second kappa shape index (κ2) is 7.86. The van der Waals surface area contributed by atoms with E-state index in [0.29, 0.717) is 6.04 Å². The van der Waals surface area contributed by atoms with Gasteiger partial charge in [0.25, 0.3) is 0 Å². The SMILES string of the molecule is CCCCC(CC)NCc1cccc(Br)c1. The van der Waals surface area contributed by atoms with Crippen molar-refractivity contribution in [3.63, 3.8) is 0 Å². The van der Waals surface area contributed by atoms with Gasteiger partial charge in [0.2, 0.25) is 0 Å². The molecule has 1 nitrogen and oxygen atoms in total. The molecule has 0 heterocycles. The normalized spacial score (nSPS) is 12.7. The zero-order chi connectivity index (χ0) is 11.8. The van der Waals surface area contributed by atoms with Gasteiger partial charge in [-0.05, 0) is 30.5 Å². The number of rotatable bonds is 7. The van der Waals surface area contributed by atoms with E-state index in [1.54, 1.807) is 0 Å². The van der Waals surface area contributed by atoms with Crippen molar-refractivity contribution in [3.05, 3.63) is 34.3 Å². The molecule has 1 aromatic carbocycles.